The molecule has 0 aromatic heterocycles. The molecule has 0 saturated heterocycles. The Morgan fingerprint density at radius 2 is 1.86 bits per heavy atom. The van der Waals surface area contributed by atoms with Crippen LogP contribution in [0.15, 0.2) is 24.3 Å². The van der Waals surface area contributed by atoms with Crippen molar-refractivity contribution in [3.8, 4) is 5.75 Å². The summed E-state index contributed by atoms with van der Waals surface area (Å²) in [7, 11) is -4.30. The minimum atomic E-state index is -4.30. The van der Waals surface area contributed by atoms with Crippen LogP contribution in [0.1, 0.15) is 26.7 Å². The second kappa shape index (κ2) is 5.27. The molecule has 6 nitrogen and oxygen atoms in total. The van der Waals surface area contributed by atoms with Crippen molar-refractivity contribution in [2.75, 3.05) is 0 Å². The average molecular weight is 317 g/mol. The first kappa shape index (κ1) is 15.7. The molecular formula is C13H16FNO5S. The first-order valence-corrected chi connectivity index (χ1v) is 7.78. The van der Waals surface area contributed by atoms with Crippen LogP contribution in [0.2, 0.25) is 0 Å². The van der Waals surface area contributed by atoms with Gasteiger partial charge in [-0.2, -0.15) is 8.42 Å². The van der Waals surface area contributed by atoms with E-state index >= 15 is 0 Å². The number of hydrogen-bond donors (Lipinski definition) is 1. The smallest absolute Gasteiger partial charge is 0.386 e. The molecule has 0 radical (unpaired) electrons. The second-order valence-electron chi connectivity index (χ2n) is 5.22. The maximum absolute atomic E-state index is 12.8. The Bertz CT molecular complexity index is 637. The summed E-state index contributed by atoms with van der Waals surface area (Å²) in [6.07, 6.45) is 0.485. The Kier molecular flexibility index (Phi) is 3.94. The molecule has 1 saturated carbocycles. The molecule has 0 amide bonds. The van der Waals surface area contributed by atoms with Gasteiger partial charge in [0, 0.05) is 6.04 Å². The van der Waals surface area contributed by atoms with Crippen LogP contribution in [0.25, 0.3) is 0 Å². The van der Waals surface area contributed by atoms with Gasteiger partial charge in [-0.25, -0.2) is 4.39 Å². The monoisotopic (exact) mass is 317 g/mol. The fourth-order valence-corrected chi connectivity index (χ4v) is 3.90. The van der Waals surface area contributed by atoms with E-state index in [0.29, 0.717) is 0 Å². The van der Waals surface area contributed by atoms with E-state index in [-0.39, 0.29) is 18.6 Å². The Labute approximate surface area is 122 Å². The van der Waals surface area contributed by atoms with Crippen LogP contribution in [0.5, 0.6) is 5.75 Å². The number of carbonyl (C=O) groups is 1. The molecule has 0 unspecified atom stereocenters. The second-order valence-corrected chi connectivity index (χ2v) is 6.64. The van der Waals surface area contributed by atoms with Gasteiger partial charge in [-0.05, 0) is 51.0 Å². The van der Waals surface area contributed by atoms with Gasteiger partial charge in [-0.1, -0.05) is 0 Å². The lowest BCUT2D eigenvalue weighted by atomic mass is 10.2. The van der Waals surface area contributed by atoms with Gasteiger partial charge in [0.1, 0.15) is 17.1 Å². The lowest BCUT2D eigenvalue weighted by molar-refractivity contribution is -0.143. The molecule has 0 spiro atoms. The van der Waals surface area contributed by atoms with Crippen LogP contribution in [0.4, 0.5) is 4.39 Å². The highest BCUT2D eigenvalue weighted by Crippen LogP contribution is 2.45. The summed E-state index contributed by atoms with van der Waals surface area (Å²) in [5.74, 6) is -1.78. The van der Waals surface area contributed by atoms with Gasteiger partial charge >= 0.3 is 16.3 Å². The molecule has 0 aliphatic heterocycles. The predicted octanol–water partition coefficient (Wildman–Crippen LogP) is 1.78. The number of benzene rings is 1. The molecule has 1 aliphatic carbocycles. The van der Waals surface area contributed by atoms with Gasteiger partial charge in [0.05, 0.1) is 0 Å². The third kappa shape index (κ3) is 3.01. The quantitative estimate of drug-likeness (QED) is 0.864. The molecule has 116 valence electrons. The number of carboxylic acids is 1. The fourth-order valence-electron chi connectivity index (χ4n) is 2.27. The summed E-state index contributed by atoms with van der Waals surface area (Å²) in [6, 6.07) is 3.90. The summed E-state index contributed by atoms with van der Waals surface area (Å²) >= 11 is 0. The van der Waals surface area contributed by atoms with Crippen LogP contribution in [-0.2, 0) is 15.1 Å². The number of halogens is 1. The maximum Gasteiger partial charge on any atom is 0.386 e. The van der Waals surface area contributed by atoms with Gasteiger partial charge in [0.15, 0.2) is 0 Å². The first-order chi connectivity index (χ1) is 9.69. The van der Waals surface area contributed by atoms with Gasteiger partial charge in [-0.3, -0.25) is 4.79 Å². The minimum Gasteiger partial charge on any atom is -0.480 e. The number of aliphatic carboxylic acids is 1. The summed E-state index contributed by atoms with van der Waals surface area (Å²) in [6.45, 7) is 3.16. The van der Waals surface area contributed by atoms with E-state index in [1.54, 1.807) is 13.8 Å². The van der Waals surface area contributed by atoms with Crippen molar-refractivity contribution in [3.63, 3.8) is 0 Å². The van der Waals surface area contributed by atoms with Crippen molar-refractivity contribution in [2.24, 2.45) is 0 Å². The molecule has 21 heavy (non-hydrogen) atoms. The van der Waals surface area contributed by atoms with Gasteiger partial charge in [0.25, 0.3) is 0 Å². The zero-order valence-corrected chi connectivity index (χ0v) is 12.4. The number of hydrogen-bond acceptors (Lipinski definition) is 4. The number of rotatable bonds is 6. The molecule has 2 rings (SSSR count). The van der Waals surface area contributed by atoms with Crippen molar-refractivity contribution in [1.29, 1.82) is 0 Å². The minimum absolute atomic E-state index is 0.0664. The fraction of sp³-hybridized carbons (Fsp3) is 0.462. The van der Waals surface area contributed by atoms with Crippen molar-refractivity contribution in [1.82, 2.24) is 4.31 Å². The molecule has 1 N–H and O–H groups in total. The van der Waals surface area contributed by atoms with E-state index in [1.807, 2.05) is 0 Å². The van der Waals surface area contributed by atoms with Crippen LogP contribution in [0.3, 0.4) is 0 Å². The average Bonchev–Trinajstić information content (AvgIpc) is 3.12. The predicted molar refractivity (Wildman–Crippen MR) is 72.5 cm³/mol. The molecule has 1 aliphatic rings. The normalized spacial score (nSPS) is 17.0. The lowest BCUT2D eigenvalue weighted by Crippen LogP contribution is -2.52. The van der Waals surface area contributed by atoms with E-state index in [4.69, 9.17) is 4.18 Å². The molecule has 0 heterocycles. The Balaban J connectivity index is 2.31. The molecule has 0 atom stereocenters. The van der Waals surface area contributed by atoms with E-state index in [0.717, 1.165) is 16.4 Å². The molecule has 1 aromatic rings. The van der Waals surface area contributed by atoms with Crippen molar-refractivity contribution < 1.29 is 26.9 Å². The summed E-state index contributed by atoms with van der Waals surface area (Å²) in [5.41, 5.74) is -1.44. The standard InChI is InChI=1S/C13H16FNO5S/c1-9(2)15(13(7-8-13)12(16)17)21(18,19)20-11-5-3-10(14)4-6-11/h3-6,9H,7-8H2,1-2H3,(H,16,17). The van der Waals surface area contributed by atoms with Crippen molar-refractivity contribution in [2.45, 2.75) is 38.3 Å². The zero-order valence-electron chi connectivity index (χ0n) is 11.6. The highest BCUT2D eigenvalue weighted by molar-refractivity contribution is 7.84. The van der Waals surface area contributed by atoms with E-state index in [1.165, 1.54) is 12.1 Å². The number of nitrogens with zero attached hydrogens (tertiary/aromatic N) is 1. The zero-order chi connectivity index (χ0) is 15.8. The Hall–Kier alpha value is -1.67. The van der Waals surface area contributed by atoms with Crippen LogP contribution in [0, 0.1) is 5.82 Å². The number of carboxylic acid groups (broad SMARTS) is 1. The van der Waals surface area contributed by atoms with E-state index in [9.17, 15) is 22.7 Å². The summed E-state index contributed by atoms with van der Waals surface area (Å²) in [5, 5.41) is 9.28. The SMILES string of the molecule is CC(C)N(C1(C(=O)O)CC1)S(=O)(=O)Oc1ccc(F)cc1. The largest absolute Gasteiger partial charge is 0.480 e. The van der Waals surface area contributed by atoms with Gasteiger partial charge < -0.3 is 9.29 Å². The van der Waals surface area contributed by atoms with Crippen LogP contribution < -0.4 is 4.18 Å². The van der Waals surface area contributed by atoms with Crippen molar-refractivity contribution in [3.05, 3.63) is 30.1 Å². The molecular weight excluding hydrogens is 301 g/mol. The van der Waals surface area contributed by atoms with Gasteiger partial charge in [0.2, 0.25) is 0 Å². The molecule has 8 heteroatoms. The summed E-state index contributed by atoms with van der Waals surface area (Å²) < 4.78 is 43.3. The summed E-state index contributed by atoms with van der Waals surface area (Å²) in [4.78, 5) is 11.4. The maximum atomic E-state index is 12.8. The van der Waals surface area contributed by atoms with Crippen LogP contribution in [-0.4, -0.2) is 35.4 Å². The van der Waals surface area contributed by atoms with Crippen LogP contribution >= 0.6 is 0 Å². The van der Waals surface area contributed by atoms with E-state index < -0.39 is 33.7 Å². The molecule has 1 fully saturated rings. The van der Waals surface area contributed by atoms with Crippen molar-refractivity contribution >= 4 is 16.3 Å². The molecule has 0 bridgehead atoms. The Morgan fingerprint density at radius 1 is 1.33 bits per heavy atom. The topological polar surface area (TPSA) is 83.9 Å². The highest BCUT2D eigenvalue weighted by atomic mass is 32.2. The third-order valence-corrected chi connectivity index (χ3v) is 4.92. The highest BCUT2D eigenvalue weighted by Gasteiger charge is 2.61. The Morgan fingerprint density at radius 3 is 2.24 bits per heavy atom. The molecule has 1 aromatic carbocycles. The third-order valence-electron chi connectivity index (χ3n) is 3.27. The van der Waals surface area contributed by atoms with E-state index in [2.05, 4.69) is 0 Å². The first-order valence-electron chi connectivity index (χ1n) is 6.42. The van der Waals surface area contributed by atoms with Gasteiger partial charge in [-0.15, -0.1) is 4.31 Å². The lowest BCUT2D eigenvalue weighted by Gasteiger charge is -2.30.